The molecule has 246 valence electrons. The second-order valence-corrected chi connectivity index (χ2v) is 13.5. The van der Waals surface area contributed by atoms with E-state index in [1.54, 1.807) is 0 Å². The van der Waals surface area contributed by atoms with Crippen LogP contribution in [0.5, 0.6) is 0 Å². The van der Waals surface area contributed by atoms with Gasteiger partial charge in [0.2, 0.25) is 0 Å². The topological polar surface area (TPSA) is 29.3 Å². The number of aryl methyl sites for hydroxylation is 1. The molecule has 0 aliphatic heterocycles. The van der Waals surface area contributed by atoms with Crippen molar-refractivity contribution in [2.24, 2.45) is 0 Å². The van der Waals surface area contributed by atoms with Crippen molar-refractivity contribution >= 4 is 55.8 Å². The van der Waals surface area contributed by atoms with Gasteiger partial charge in [0, 0.05) is 28.3 Å². The number of allylic oxidation sites excluding steroid dienone is 1. The van der Waals surface area contributed by atoms with E-state index in [2.05, 4.69) is 175 Å². The summed E-state index contributed by atoms with van der Waals surface area (Å²) in [7, 11) is 0. The second kappa shape index (κ2) is 12.6. The van der Waals surface area contributed by atoms with E-state index in [0.717, 1.165) is 57.4 Å². The molecule has 0 saturated heterocycles. The fraction of sp³-hybridized carbons (Fsp3) is 0.0408. The van der Waals surface area contributed by atoms with E-state index in [0.29, 0.717) is 0 Å². The Morgan fingerprint density at radius 2 is 1.15 bits per heavy atom. The zero-order chi connectivity index (χ0) is 34.4. The lowest BCUT2D eigenvalue weighted by atomic mass is 9.95. The van der Waals surface area contributed by atoms with E-state index in [1.165, 1.54) is 49.7 Å². The Morgan fingerprint density at radius 1 is 0.519 bits per heavy atom. The maximum absolute atomic E-state index is 6.72. The number of benzene rings is 7. The minimum atomic E-state index is 0.830. The van der Waals surface area contributed by atoms with Crippen LogP contribution in [0.15, 0.2) is 181 Å². The predicted molar refractivity (Wildman–Crippen MR) is 217 cm³/mol. The summed E-state index contributed by atoms with van der Waals surface area (Å²) < 4.78 is 6.72. The Labute approximate surface area is 302 Å². The zero-order valence-electron chi connectivity index (χ0n) is 28.5. The standard InChI is InChI=1S/C49H34N2O/c1-2-9-33(10-3-1)35-21-25-41(26-22-35)51(47-32-50-31-46-45-29-39-12-4-5-13-40(39)30-48(45)52-49(46)47)42-27-23-36(24-28-42)34-17-19-38(20-18-34)44-16-8-14-37-11-6-7-15-43(37)44/h1-3,5-11,13-32H,4,12H2. The van der Waals surface area contributed by atoms with E-state index < -0.39 is 0 Å². The first-order chi connectivity index (χ1) is 25.8. The van der Waals surface area contributed by atoms with Gasteiger partial charge < -0.3 is 9.32 Å². The maximum atomic E-state index is 6.72. The summed E-state index contributed by atoms with van der Waals surface area (Å²) in [5.41, 5.74) is 14.4. The van der Waals surface area contributed by atoms with Gasteiger partial charge in [-0.25, -0.2) is 0 Å². The van der Waals surface area contributed by atoms with Crippen molar-refractivity contribution in [3.8, 4) is 33.4 Å². The van der Waals surface area contributed by atoms with E-state index in [9.17, 15) is 0 Å². The molecule has 0 fully saturated rings. The van der Waals surface area contributed by atoms with Gasteiger partial charge in [0.1, 0.15) is 11.3 Å². The van der Waals surface area contributed by atoms with Gasteiger partial charge in [-0.1, -0.05) is 133 Å². The Hall–Kier alpha value is -6.71. The molecule has 9 aromatic rings. The largest absolute Gasteiger partial charge is 0.454 e. The molecule has 3 heteroatoms. The molecule has 2 aromatic heterocycles. The number of hydrogen-bond donors (Lipinski definition) is 0. The minimum absolute atomic E-state index is 0.830. The van der Waals surface area contributed by atoms with Gasteiger partial charge in [0.25, 0.3) is 0 Å². The molecule has 0 bridgehead atoms. The molecule has 0 atom stereocenters. The molecule has 0 spiro atoms. The van der Waals surface area contributed by atoms with Crippen LogP contribution >= 0.6 is 0 Å². The van der Waals surface area contributed by atoms with E-state index >= 15 is 0 Å². The summed E-state index contributed by atoms with van der Waals surface area (Å²) in [4.78, 5) is 7.05. The normalized spacial score (nSPS) is 12.4. The maximum Gasteiger partial charge on any atom is 0.162 e. The van der Waals surface area contributed by atoms with Crippen molar-refractivity contribution in [2.75, 3.05) is 4.90 Å². The number of rotatable bonds is 6. The summed E-state index contributed by atoms with van der Waals surface area (Å²) >= 11 is 0. The van der Waals surface area contributed by atoms with Gasteiger partial charge in [-0.05, 0) is 105 Å². The van der Waals surface area contributed by atoms with Crippen LogP contribution in [0.3, 0.4) is 0 Å². The fourth-order valence-electron chi connectivity index (χ4n) is 7.75. The lowest BCUT2D eigenvalue weighted by molar-refractivity contribution is 0.668. The molecule has 0 radical (unpaired) electrons. The second-order valence-electron chi connectivity index (χ2n) is 13.5. The molecule has 0 N–H and O–H groups in total. The average molecular weight is 667 g/mol. The highest BCUT2D eigenvalue weighted by molar-refractivity contribution is 6.10. The Kier molecular flexibility index (Phi) is 7.28. The number of furan rings is 1. The van der Waals surface area contributed by atoms with Crippen LogP contribution in [-0.2, 0) is 6.42 Å². The van der Waals surface area contributed by atoms with Crippen molar-refractivity contribution < 1.29 is 4.42 Å². The first kappa shape index (κ1) is 30.1. The third-order valence-electron chi connectivity index (χ3n) is 10.4. The lowest BCUT2D eigenvalue weighted by Crippen LogP contribution is -2.10. The van der Waals surface area contributed by atoms with Crippen molar-refractivity contribution in [3.63, 3.8) is 0 Å². The van der Waals surface area contributed by atoms with E-state index in [-0.39, 0.29) is 0 Å². The molecule has 3 nitrogen and oxygen atoms in total. The van der Waals surface area contributed by atoms with Crippen LogP contribution in [0.4, 0.5) is 17.1 Å². The molecule has 52 heavy (non-hydrogen) atoms. The number of anilines is 3. The molecule has 10 rings (SSSR count). The summed E-state index contributed by atoms with van der Waals surface area (Å²) in [5.74, 6) is 0. The molecule has 1 aliphatic rings. The number of aromatic nitrogens is 1. The zero-order valence-corrected chi connectivity index (χ0v) is 28.5. The van der Waals surface area contributed by atoms with Gasteiger partial charge >= 0.3 is 0 Å². The van der Waals surface area contributed by atoms with Crippen molar-refractivity contribution in [2.45, 2.75) is 12.8 Å². The molecule has 0 saturated carbocycles. The van der Waals surface area contributed by atoms with E-state index in [4.69, 9.17) is 9.40 Å². The Morgan fingerprint density at radius 3 is 1.90 bits per heavy atom. The first-order valence-corrected chi connectivity index (χ1v) is 17.9. The molecular formula is C49H34N2O. The van der Waals surface area contributed by atoms with Crippen LogP contribution in [0.2, 0.25) is 0 Å². The van der Waals surface area contributed by atoms with Gasteiger partial charge in [-0.2, -0.15) is 0 Å². The SMILES string of the molecule is C1=Cc2cc3oc4c(N(c5ccc(-c6ccccc6)cc5)c5ccc(-c6ccc(-c7cccc8ccccc78)cc6)cc5)cncc4c3cc2CC1. The van der Waals surface area contributed by atoms with Crippen molar-refractivity contribution in [3.05, 3.63) is 187 Å². The monoisotopic (exact) mass is 666 g/mol. The van der Waals surface area contributed by atoms with Crippen LogP contribution in [0, 0.1) is 0 Å². The summed E-state index contributed by atoms with van der Waals surface area (Å²) in [6.45, 7) is 0. The number of hydrogen-bond acceptors (Lipinski definition) is 3. The van der Waals surface area contributed by atoms with E-state index in [1.807, 2.05) is 12.4 Å². The molecule has 0 amide bonds. The highest BCUT2D eigenvalue weighted by Gasteiger charge is 2.21. The highest BCUT2D eigenvalue weighted by Crippen LogP contribution is 2.43. The average Bonchev–Trinajstić information content (AvgIpc) is 3.59. The molecule has 2 heterocycles. The summed E-state index contributed by atoms with van der Waals surface area (Å²) in [5, 5.41) is 4.66. The third kappa shape index (κ3) is 5.26. The summed E-state index contributed by atoms with van der Waals surface area (Å²) in [6, 6.07) is 56.5. The number of nitrogens with zero attached hydrogens (tertiary/aromatic N) is 2. The molecule has 1 aliphatic carbocycles. The highest BCUT2D eigenvalue weighted by atomic mass is 16.3. The minimum Gasteiger partial charge on any atom is -0.454 e. The molecule has 7 aromatic carbocycles. The fourth-order valence-corrected chi connectivity index (χ4v) is 7.75. The van der Waals surface area contributed by atoms with Crippen molar-refractivity contribution in [1.29, 1.82) is 0 Å². The smallest absolute Gasteiger partial charge is 0.162 e. The van der Waals surface area contributed by atoms with Crippen LogP contribution in [0.25, 0.3) is 72.2 Å². The Balaban J connectivity index is 1.05. The Bertz CT molecular complexity index is 2750. The lowest BCUT2D eigenvalue weighted by Gasteiger charge is -2.25. The van der Waals surface area contributed by atoms with Crippen LogP contribution in [-0.4, -0.2) is 4.98 Å². The summed E-state index contributed by atoms with van der Waals surface area (Å²) in [6.07, 6.45) is 10.4. The predicted octanol–water partition coefficient (Wildman–Crippen LogP) is 13.6. The number of fused-ring (bicyclic) bond motifs is 5. The van der Waals surface area contributed by atoms with Gasteiger partial charge in [0.05, 0.1) is 6.20 Å². The van der Waals surface area contributed by atoms with Gasteiger partial charge in [-0.15, -0.1) is 0 Å². The molecular weight excluding hydrogens is 633 g/mol. The van der Waals surface area contributed by atoms with Crippen LogP contribution in [0.1, 0.15) is 17.5 Å². The molecule has 0 unspecified atom stereocenters. The van der Waals surface area contributed by atoms with Crippen molar-refractivity contribution in [1.82, 2.24) is 4.98 Å². The number of pyridine rings is 1. The van der Waals surface area contributed by atoms with Gasteiger partial charge in [-0.3, -0.25) is 4.98 Å². The third-order valence-corrected chi connectivity index (χ3v) is 10.4. The quantitative estimate of drug-likeness (QED) is 0.177. The van der Waals surface area contributed by atoms with Gasteiger partial charge in [0.15, 0.2) is 5.58 Å². The first-order valence-electron chi connectivity index (χ1n) is 17.9. The van der Waals surface area contributed by atoms with Crippen LogP contribution < -0.4 is 4.90 Å².